The molecule has 0 saturated heterocycles. The van der Waals surface area contributed by atoms with Crippen LogP contribution >= 0.6 is 11.8 Å². The number of hydrogen-bond donors (Lipinski definition) is 0. The number of para-hydroxylation sites is 1. The molecule has 3 rings (SSSR count). The number of esters is 1. The molecule has 1 amide bonds. The van der Waals surface area contributed by atoms with Crippen LogP contribution in [0.2, 0.25) is 0 Å². The Labute approximate surface area is 145 Å². The molecule has 4 nitrogen and oxygen atoms in total. The highest BCUT2D eigenvalue weighted by atomic mass is 32.2. The number of anilines is 1. The van der Waals surface area contributed by atoms with Crippen LogP contribution in [0.15, 0.2) is 59.5 Å². The van der Waals surface area contributed by atoms with E-state index in [0.717, 1.165) is 16.1 Å². The van der Waals surface area contributed by atoms with Crippen LogP contribution in [0.3, 0.4) is 0 Å². The summed E-state index contributed by atoms with van der Waals surface area (Å²) in [5.41, 5.74) is 1.89. The van der Waals surface area contributed by atoms with Crippen LogP contribution < -0.4 is 4.90 Å². The molecule has 1 atom stereocenters. The van der Waals surface area contributed by atoms with Crippen molar-refractivity contribution in [1.82, 2.24) is 0 Å². The predicted molar refractivity (Wildman–Crippen MR) is 95.2 cm³/mol. The van der Waals surface area contributed by atoms with Gasteiger partial charge in [-0.15, -0.1) is 11.8 Å². The van der Waals surface area contributed by atoms with Gasteiger partial charge in [-0.3, -0.25) is 14.5 Å². The molecule has 0 N–H and O–H groups in total. The van der Waals surface area contributed by atoms with E-state index in [2.05, 4.69) is 0 Å². The molecular formula is C19H19NO3S. The predicted octanol–water partition coefficient (Wildman–Crippen LogP) is 3.30. The van der Waals surface area contributed by atoms with Crippen molar-refractivity contribution in [2.75, 3.05) is 18.1 Å². The van der Waals surface area contributed by atoms with Crippen molar-refractivity contribution in [1.29, 1.82) is 0 Å². The van der Waals surface area contributed by atoms with E-state index in [0.29, 0.717) is 13.0 Å². The number of ether oxygens (including phenoxy) is 1. The number of nitrogens with zero attached hydrogens (tertiary/aromatic N) is 1. The van der Waals surface area contributed by atoms with Crippen LogP contribution in [0.25, 0.3) is 0 Å². The molecular weight excluding hydrogens is 322 g/mol. The third-order valence-corrected chi connectivity index (χ3v) is 5.08. The van der Waals surface area contributed by atoms with E-state index in [1.54, 1.807) is 23.6 Å². The van der Waals surface area contributed by atoms with Gasteiger partial charge in [-0.1, -0.05) is 42.5 Å². The second-order valence-electron chi connectivity index (χ2n) is 5.49. The fourth-order valence-electron chi connectivity index (χ4n) is 2.73. The van der Waals surface area contributed by atoms with E-state index in [9.17, 15) is 9.59 Å². The second kappa shape index (κ2) is 7.53. The fraction of sp³-hybridized carbons (Fsp3) is 0.263. The topological polar surface area (TPSA) is 46.6 Å². The molecule has 1 aliphatic heterocycles. The Bertz CT molecular complexity index is 732. The van der Waals surface area contributed by atoms with Gasteiger partial charge in [0.25, 0.3) is 0 Å². The van der Waals surface area contributed by atoms with Gasteiger partial charge in [0.1, 0.15) is 6.54 Å². The van der Waals surface area contributed by atoms with Gasteiger partial charge >= 0.3 is 5.97 Å². The highest BCUT2D eigenvalue weighted by Crippen LogP contribution is 2.40. The Morgan fingerprint density at radius 2 is 1.83 bits per heavy atom. The Hall–Kier alpha value is -2.27. The van der Waals surface area contributed by atoms with Crippen molar-refractivity contribution in [3.05, 3.63) is 60.2 Å². The molecule has 1 unspecified atom stereocenters. The van der Waals surface area contributed by atoms with Crippen molar-refractivity contribution >= 4 is 29.3 Å². The van der Waals surface area contributed by atoms with Gasteiger partial charge in [-0.25, -0.2) is 0 Å². The second-order valence-corrected chi connectivity index (χ2v) is 6.74. The molecule has 2 aromatic rings. The van der Waals surface area contributed by atoms with Crippen LogP contribution in [-0.4, -0.2) is 30.3 Å². The minimum Gasteiger partial charge on any atom is -0.465 e. The van der Waals surface area contributed by atoms with Crippen molar-refractivity contribution in [3.8, 4) is 0 Å². The van der Waals surface area contributed by atoms with Gasteiger partial charge in [-0.2, -0.15) is 0 Å². The number of amides is 1. The molecule has 1 heterocycles. The summed E-state index contributed by atoms with van der Waals surface area (Å²) < 4.78 is 5.02. The normalized spacial score (nSPS) is 16.6. The molecule has 0 fully saturated rings. The maximum Gasteiger partial charge on any atom is 0.326 e. The summed E-state index contributed by atoms with van der Waals surface area (Å²) in [7, 11) is 0. The van der Waals surface area contributed by atoms with Crippen LogP contribution in [-0.2, 0) is 20.7 Å². The van der Waals surface area contributed by atoms with E-state index in [1.165, 1.54) is 0 Å². The van der Waals surface area contributed by atoms with Gasteiger partial charge < -0.3 is 4.74 Å². The zero-order valence-electron chi connectivity index (χ0n) is 13.5. The lowest BCUT2D eigenvalue weighted by atomic mass is 10.1. The first kappa shape index (κ1) is 16.6. The van der Waals surface area contributed by atoms with E-state index >= 15 is 0 Å². The quantitative estimate of drug-likeness (QED) is 0.783. The van der Waals surface area contributed by atoms with Crippen molar-refractivity contribution < 1.29 is 14.3 Å². The molecule has 2 aromatic carbocycles. The molecule has 124 valence electrons. The number of fused-ring (bicyclic) bond motifs is 1. The van der Waals surface area contributed by atoms with Crippen molar-refractivity contribution in [3.63, 3.8) is 0 Å². The summed E-state index contributed by atoms with van der Waals surface area (Å²) >= 11 is 1.56. The average molecular weight is 341 g/mol. The largest absolute Gasteiger partial charge is 0.465 e. The molecule has 1 aliphatic rings. The molecule has 24 heavy (non-hydrogen) atoms. The number of thioether (sulfide) groups is 1. The van der Waals surface area contributed by atoms with Crippen LogP contribution in [0.1, 0.15) is 12.5 Å². The molecule has 0 aliphatic carbocycles. The Kier molecular flexibility index (Phi) is 5.20. The number of rotatable bonds is 5. The number of benzene rings is 2. The number of carbonyl (C=O) groups excluding carboxylic acids is 2. The minimum atomic E-state index is -0.383. The van der Waals surface area contributed by atoms with Gasteiger partial charge in [0.2, 0.25) is 5.91 Å². The van der Waals surface area contributed by atoms with Gasteiger partial charge in [0.15, 0.2) is 0 Å². The zero-order valence-corrected chi connectivity index (χ0v) is 14.3. The Morgan fingerprint density at radius 3 is 2.58 bits per heavy atom. The Balaban J connectivity index is 1.86. The summed E-state index contributed by atoms with van der Waals surface area (Å²) in [5, 5.41) is -0.239. The minimum absolute atomic E-state index is 0.0457. The maximum atomic E-state index is 12.9. The Morgan fingerprint density at radius 1 is 1.12 bits per heavy atom. The van der Waals surface area contributed by atoms with Crippen molar-refractivity contribution in [2.24, 2.45) is 0 Å². The highest BCUT2D eigenvalue weighted by molar-refractivity contribution is 8.01. The SMILES string of the molecule is CCOC(=O)CN1C(=O)C(Cc2ccccc2)Sc2ccccc21. The molecule has 0 aromatic heterocycles. The van der Waals surface area contributed by atoms with E-state index in [1.807, 2.05) is 54.6 Å². The summed E-state index contributed by atoms with van der Waals surface area (Å²) in [5.74, 6) is -0.429. The van der Waals surface area contributed by atoms with E-state index in [-0.39, 0.29) is 23.7 Å². The number of hydrogen-bond acceptors (Lipinski definition) is 4. The van der Waals surface area contributed by atoms with Crippen LogP contribution in [0.5, 0.6) is 0 Å². The average Bonchev–Trinajstić information content (AvgIpc) is 2.60. The standard InChI is InChI=1S/C19H19NO3S/c1-2-23-18(21)13-20-15-10-6-7-11-16(15)24-17(19(20)22)12-14-8-4-3-5-9-14/h3-11,17H,2,12-13H2,1H3. The zero-order chi connectivity index (χ0) is 16.9. The molecule has 0 saturated carbocycles. The molecule has 0 radical (unpaired) electrons. The smallest absolute Gasteiger partial charge is 0.326 e. The third-order valence-electron chi connectivity index (χ3n) is 3.82. The number of carbonyl (C=O) groups is 2. The van der Waals surface area contributed by atoms with E-state index < -0.39 is 0 Å². The fourth-order valence-corrected chi connectivity index (χ4v) is 4.00. The van der Waals surface area contributed by atoms with E-state index in [4.69, 9.17) is 4.74 Å². The lowest BCUT2D eigenvalue weighted by Gasteiger charge is -2.33. The molecule has 0 bridgehead atoms. The summed E-state index contributed by atoms with van der Waals surface area (Å²) in [6.45, 7) is 2.03. The summed E-state index contributed by atoms with van der Waals surface area (Å²) in [6.07, 6.45) is 0.637. The van der Waals surface area contributed by atoms with Gasteiger partial charge in [0.05, 0.1) is 17.5 Å². The van der Waals surface area contributed by atoms with Crippen LogP contribution in [0, 0.1) is 0 Å². The third kappa shape index (κ3) is 3.62. The summed E-state index contributed by atoms with van der Waals surface area (Å²) in [6, 6.07) is 17.6. The lowest BCUT2D eigenvalue weighted by Crippen LogP contribution is -2.45. The first-order chi connectivity index (χ1) is 11.7. The maximum absolute atomic E-state index is 12.9. The molecule has 0 spiro atoms. The first-order valence-corrected chi connectivity index (χ1v) is 8.83. The highest BCUT2D eigenvalue weighted by Gasteiger charge is 2.34. The van der Waals surface area contributed by atoms with Gasteiger partial charge in [-0.05, 0) is 31.0 Å². The van der Waals surface area contributed by atoms with Crippen LogP contribution in [0.4, 0.5) is 5.69 Å². The lowest BCUT2D eigenvalue weighted by molar-refractivity contribution is -0.142. The van der Waals surface area contributed by atoms with Crippen molar-refractivity contribution in [2.45, 2.75) is 23.5 Å². The summed E-state index contributed by atoms with van der Waals surface area (Å²) in [4.78, 5) is 27.4. The van der Waals surface area contributed by atoms with Gasteiger partial charge in [0, 0.05) is 4.90 Å². The molecule has 5 heteroatoms. The first-order valence-electron chi connectivity index (χ1n) is 7.95. The monoisotopic (exact) mass is 341 g/mol.